The number of ether oxygens (including phenoxy) is 1. The lowest BCUT2D eigenvalue weighted by Gasteiger charge is -2.54. The molecule has 2 aliphatic carbocycles. The third-order valence-corrected chi connectivity index (χ3v) is 6.30. The van der Waals surface area contributed by atoms with Crippen molar-refractivity contribution in [2.45, 2.75) is 50.5 Å². The fraction of sp³-hybridized carbons (Fsp3) is 0.600. The maximum Gasteiger partial charge on any atom is 0.220 e. The molecule has 1 aliphatic heterocycles. The fourth-order valence-electron chi connectivity index (χ4n) is 4.66. The van der Waals surface area contributed by atoms with Crippen molar-refractivity contribution < 1.29 is 9.53 Å². The number of nitrogens with one attached hydrogen (secondary N) is 1. The predicted molar refractivity (Wildman–Crippen MR) is 90.0 cm³/mol. The monoisotopic (exact) mass is 324 g/mol. The van der Waals surface area contributed by atoms with E-state index >= 15 is 0 Å². The molecule has 1 spiro atoms. The minimum absolute atomic E-state index is 0.139. The number of nitriles is 1. The van der Waals surface area contributed by atoms with Crippen molar-refractivity contribution in [1.82, 2.24) is 5.32 Å². The summed E-state index contributed by atoms with van der Waals surface area (Å²) in [6.07, 6.45) is 8.14. The van der Waals surface area contributed by atoms with Crippen LogP contribution >= 0.6 is 0 Å². The summed E-state index contributed by atoms with van der Waals surface area (Å²) >= 11 is 0. The molecule has 126 valence electrons. The van der Waals surface area contributed by atoms with Crippen molar-refractivity contribution in [3.8, 4) is 6.07 Å². The molecule has 1 heterocycles. The van der Waals surface area contributed by atoms with E-state index in [1.807, 2.05) is 18.2 Å². The summed E-state index contributed by atoms with van der Waals surface area (Å²) in [7, 11) is 0. The molecule has 4 heteroatoms. The molecule has 0 unspecified atom stereocenters. The van der Waals surface area contributed by atoms with Crippen LogP contribution in [0.3, 0.4) is 0 Å². The fourth-order valence-corrected chi connectivity index (χ4v) is 4.66. The summed E-state index contributed by atoms with van der Waals surface area (Å²) in [5.74, 6) is 0.714. The molecule has 2 saturated carbocycles. The molecule has 1 atom stereocenters. The molecule has 1 amide bonds. The van der Waals surface area contributed by atoms with E-state index in [4.69, 9.17) is 10.00 Å². The van der Waals surface area contributed by atoms with Gasteiger partial charge in [0.2, 0.25) is 5.91 Å². The second-order valence-corrected chi connectivity index (χ2v) is 7.89. The zero-order valence-electron chi connectivity index (χ0n) is 14.0. The Hall–Kier alpha value is -1.86. The van der Waals surface area contributed by atoms with E-state index in [0.29, 0.717) is 36.5 Å². The summed E-state index contributed by atoms with van der Waals surface area (Å²) in [4.78, 5) is 12.3. The molecular weight excluding hydrogens is 300 g/mol. The van der Waals surface area contributed by atoms with E-state index in [1.165, 1.54) is 32.1 Å². The SMILES string of the molecule is N#Cc1cccc([C@]2(CNC(=O)CC3CC4(CCC4)C3)CCO2)c1. The largest absolute Gasteiger partial charge is 0.368 e. The van der Waals surface area contributed by atoms with Crippen LogP contribution in [0.5, 0.6) is 0 Å². The average Bonchev–Trinajstić information content (AvgIpc) is 2.47. The number of amides is 1. The van der Waals surface area contributed by atoms with Crippen LogP contribution in [0, 0.1) is 22.7 Å². The first kappa shape index (κ1) is 15.7. The minimum Gasteiger partial charge on any atom is -0.368 e. The Labute approximate surface area is 143 Å². The van der Waals surface area contributed by atoms with E-state index in [1.54, 1.807) is 6.07 Å². The van der Waals surface area contributed by atoms with Crippen LogP contribution in [0.15, 0.2) is 24.3 Å². The van der Waals surface area contributed by atoms with Gasteiger partial charge in [-0.05, 0) is 54.7 Å². The standard InChI is InChI=1S/C20H24N2O2/c21-13-15-3-1-4-17(9-15)20(7-8-24-20)14-22-18(23)10-16-11-19(12-16)5-2-6-19/h1,3-4,9,16H,2,5-8,10-12,14H2,(H,22,23)/t20-/m1/s1. The molecule has 24 heavy (non-hydrogen) atoms. The minimum atomic E-state index is -0.447. The molecule has 4 nitrogen and oxygen atoms in total. The number of carbonyl (C=O) groups excluding carboxylic acids is 1. The lowest BCUT2D eigenvalue weighted by Crippen LogP contribution is -2.50. The van der Waals surface area contributed by atoms with Crippen molar-refractivity contribution in [2.75, 3.05) is 13.2 Å². The van der Waals surface area contributed by atoms with Gasteiger partial charge in [0.25, 0.3) is 0 Å². The number of hydrogen-bond donors (Lipinski definition) is 1. The summed E-state index contributed by atoms with van der Waals surface area (Å²) < 4.78 is 5.84. The van der Waals surface area contributed by atoms with Crippen molar-refractivity contribution >= 4 is 5.91 Å². The number of hydrogen-bond acceptors (Lipinski definition) is 3. The maximum absolute atomic E-state index is 12.3. The topological polar surface area (TPSA) is 62.1 Å². The molecule has 1 aromatic carbocycles. The number of rotatable bonds is 5. The zero-order chi connectivity index (χ0) is 16.6. The molecule has 0 radical (unpaired) electrons. The molecule has 1 aromatic rings. The number of carbonyl (C=O) groups is 1. The Kier molecular flexibility index (Phi) is 3.85. The van der Waals surface area contributed by atoms with Crippen LogP contribution in [0.25, 0.3) is 0 Å². The first-order chi connectivity index (χ1) is 11.6. The van der Waals surface area contributed by atoms with E-state index in [-0.39, 0.29) is 5.91 Å². The zero-order valence-corrected chi connectivity index (χ0v) is 14.0. The summed E-state index contributed by atoms with van der Waals surface area (Å²) in [6, 6.07) is 9.70. The Morgan fingerprint density at radius 3 is 2.71 bits per heavy atom. The Morgan fingerprint density at radius 2 is 2.12 bits per heavy atom. The number of nitrogens with zero attached hydrogens (tertiary/aromatic N) is 1. The molecule has 3 fully saturated rings. The van der Waals surface area contributed by atoms with Gasteiger partial charge in [0.15, 0.2) is 0 Å². The van der Waals surface area contributed by atoms with Crippen molar-refractivity contribution in [1.29, 1.82) is 5.26 Å². The normalized spacial score (nSPS) is 27.5. The summed E-state index contributed by atoms with van der Waals surface area (Å²) in [5.41, 5.74) is 1.80. The quantitative estimate of drug-likeness (QED) is 0.904. The van der Waals surface area contributed by atoms with Crippen LogP contribution in [0.1, 0.15) is 56.1 Å². The van der Waals surface area contributed by atoms with Crippen molar-refractivity contribution in [3.63, 3.8) is 0 Å². The molecule has 1 N–H and O–H groups in total. The average molecular weight is 324 g/mol. The second-order valence-electron chi connectivity index (χ2n) is 7.89. The maximum atomic E-state index is 12.3. The Morgan fingerprint density at radius 1 is 1.33 bits per heavy atom. The Balaban J connectivity index is 1.32. The van der Waals surface area contributed by atoms with Crippen LogP contribution < -0.4 is 5.32 Å². The van der Waals surface area contributed by atoms with Gasteiger partial charge in [-0.25, -0.2) is 0 Å². The van der Waals surface area contributed by atoms with Gasteiger partial charge < -0.3 is 10.1 Å². The van der Waals surface area contributed by atoms with Crippen molar-refractivity contribution in [2.24, 2.45) is 11.3 Å². The highest BCUT2D eigenvalue weighted by Crippen LogP contribution is 2.59. The van der Waals surface area contributed by atoms with Gasteiger partial charge in [0.1, 0.15) is 5.60 Å². The first-order valence-electron chi connectivity index (χ1n) is 9.05. The van der Waals surface area contributed by atoms with Crippen LogP contribution in [-0.4, -0.2) is 19.1 Å². The van der Waals surface area contributed by atoms with Gasteiger partial charge in [-0.2, -0.15) is 5.26 Å². The van der Waals surface area contributed by atoms with Gasteiger partial charge in [0, 0.05) is 12.8 Å². The van der Waals surface area contributed by atoms with Crippen molar-refractivity contribution in [3.05, 3.63) is 35.4 Å². The second kappa shape index (κ2) is 5.89. The Bertz CT molecular complexity index is 675. The van der Waals surface area contributed by atoms with E-state index in [0.717, 1.165) is 12.0 Å². The molecule has 0 bridgehead atoms. The van der Waals surface area contributed by atoms with Gasteiger partial charge in [-0.1, -0.05) is 18.6 Å². The van der Waals surface area contributed by atoms with E-state index in [2.05, 4.69) is 11.4 Å². The number of benzene rings is 1. The molecule has 1 saturated heterocycles. The molecule has 4 rings (SSSR count). The van der Waals surface area contributed by atoms with Gasteiger partial charge in [-0.3, -0.25) is 4.79 Å². The van der Waals surface area contributed by atoms with Crippen LogP contribution in [0.4, 0.5) is 0 Å². The lowest BCUT2D eigenvalue weighted by molar-refractivity contribution is -0.156. The summed E-state index contributed by atoms with van der Waals surface area (Å²) in [6.45, 7) is 1.20. The van der Waals surface area contributed by atoms with Gasteiger partial charge in [0.05, 0.1) is 24.8 Å². The third-order valence-electron chi connectivity index (χ3n) is 6.30. The van der Waals surface area contributed by atoms with Gasteiger partial charge in [-0.15, -0.1) is 0 Å². The molecular formula is C20H24N2O2. The van der Waals surface area contributed by atoms with E-state index < -0.39 is 5.60 Å². The van der Waals surface area contributed by atoms with Crippen LogP contribution in [-0.2, 0) is 15.1 Å². The predicted octanol–water partition coefficient (Wildman–Crippen LogP) is 3.26. The molecule has 3 aliphatic rings. The molecule has 0 aromatic heterocycles. The highest BCUT2D eigenvalue weighted by atomic mass is 16.5. The highest BCUT2D eigenvalue weighted by Gasteiger charge is 2.48. The first-order valence-corrected chi connectivity index (χ1v) is 9.05. The van der Waals surface area contributed by atoms with E-state index in [9.17, 15) is 4.79 Å². The smallest absolute Gasteiger partial charge is 0.220 e. The lowest BCUT2D eigenvalue weighted by atomic mass is 9.51. The van der Waals surface area contributed by atoms with Crippen LogP contribution in [0.2, 0.25) is 0 Å². The highest BCUT2D eigenvalue weighted by molar-refractivity contribution is 5.76. The summed E-state index contributed by atoms with van der Waals surface area (Å²) in [5, 5.41) is 12.2. The third kappa shape index (κ3) is 2.71. The van der Waals surface area contributed by atoms with Gasteiger partial charge >= 0.3 is 0 Å².